The van der Waals surface area contributed by atoms with Crippen LogP contribution in [0.2, 0.25) is 0 Å². The molecule has 9 rings (SSSR count). The average molecular weight is 528 g/mol. The van der Waals surface area contributed by atoms with Crippen LogP contribution in [-0.4, -0.2) is 15.0 Å². The third kappa shape index (κ3) is 3.29. The summed E-state index contributed by atoms with van der Waals surface area (Å²) in [5, 5.41) is 14.3. The Balaban J connectivity index is 1.37. The topological polar surface area (TPSA) is 57.0 Å². The fraction of sp³-hybridized carbons (Fsp3) is 0. The van der Waals surface area contributed by atoms with E-state index < -0.39 is 0 Å². The SMILES string of the molecule is c1ccc(-n2nc3cc(-c4cccc5c4oc4ccccc45)cc(-c4cccc5c4oc4ccccc45)c3n2)cc1. The van der Waals surface area contributed by atoms with Crippen LogP contribution in [0.3, 0.4) is 0 Å². The van der Waals surface area contributed by atoms with Crippen molar-refractivity contribution in [1.29, 1.82) is 0 Å². The summed E-state index contributed by atoms with van der Waals surface area (Å²) in [6.07, 6.45) is 0. The van der Waals surface area contributed by atoms with Gasteiger partial charge >= 0.3 is 0 Å². The summed E-state index contributed by atoms with van der Waals surface area (Å²) in [6.45, 7) is 0. The first-order chi connectivity index (χ1) is 20.3. The van der Waals surface area contributed by atoms with Gasteiger partial charge in [-0.25, -0.2) is 0 Å². The Hall–Kier alpha value is -5.68. The van der Waals surface area contributed by atoms with Gasteiger partial charge in [0.15, 0.2) is 0 Å². The molecule has 0 atom stereocenters. The zero-order valence-corrected chi connectivity index (χ0v) is 21.8. The van der Waals surface area contributed by atoms with Gasteiger partial charge in [-0.2, -0.15) is 4.80 Å². The molecule has 0 aliphatic heterocycles. The maximum absolute atomic E-state index is 6.46. The predicted octanol–water partition coefficient (Wildman–Crippen LogP) is 9.55. The zero-order chi connectivity index (χ0) is 26.9. The molecule has 192 valence electrons. The van der Waals surface area contributed by atoms with E-state index in [9.17, 15) is 0 Å². The highest BCUT2D eigenvalue weighted by atomic mass is 16.3. The minimum absolute atomic E-state index is 0.794. The van der Waals surface area contributed by atoms with Crippen LogP contribution < -0.4 is 0 Å². The van der Waals surface area contributed by atoms with Gasteiger partial charge in [-0.05, 0) is 42.0 Å². The fourth-order valence-electron chi connectivity index (χ4n) is 5.99. The van der Waals surface area contributed by atoms with Crippen molar-refractivity contribution in [3.63, 3.8) is 0 Å². The molecule has 0 fully saturated rings. The molecule has 0 saturated carbocycles. The molecule has 6 aromatic carbocycles. The van der Waals surface area contributed by atoms with Crippen molar-refractivity contribution in [2.45, 2.75) is 0 Å². The van der Waals surface area contributed by atoms with Crippen LogP contribution in [0.5, 0.6) is 0 Å². The van der Waals surface area contributed by atoms with Crippen molar-refractivity contribution in [1.82, 2.24) is 15.0 Å². The van der Waals surface area contributed by atoms with E-state index in [2.05, 4.69) is 60.7 Å². The summed E-state index contributed by atoms with van der Waals surface area (Å²) >= 11 is 0. The number of hydrogen-bond donors (Lipinski definition) is 0. The van der Waals surface area contributed by atoms with Gasteiger partial charge in [-0.3, -0.25) is 0 Å². The van der Waals surface area contributed by atoms with E-state index in [1.807, 2.05) is 66.7 Å². The van der Waals surface area contributed by atoms with E-state index in [1.54, 1.807) is 4.80 Å². The van der Waals surface area contributed by atoms with E-state index in [0.29, 0.717) is 0 Å². The van der Waals surface area contributed by atoms with Crippen LogP contribution >= 0.6 is 0 Å². The summed E-state index contributed by atoms with van der Waals surface area (Å²) in [6, 6.07) is 43.2. The number of rotatable bonds is 3. The molecule has 5 heteroatoms. The molecule has 0 bridgehead atoms. The van der Waals surface area contributed by atoms with Crippen molar-refractivity contribution in [3.05, 3.63) is 127 Å². The van der Waals surface area contributed by atoms with E-state index in [0.717, 1.165) is 82.9 Å². The molecule has 3 heterocycles. The van der Waals surface area contributed by atoms with Crippen LogP contribution in [0, 0.1) is 0 Å². The van der Waals surface area contributed by atoms with Crippen molar-refractivity contribution in [2.24, 2.45) is 0 Å². The van der Waals surface area contributed by atoms with Gasteiger partial charge in [-0.15, -0.1) is 10.2 Å². The minimum atomic E-state index is 0.794. The molecule has 3 aromatic heterocycles. The highest BCUT2D eigenvalue weighted by molar-refractivity contribution is 6.13. The van der Waals surface area contributed by atoms with Gasteiger partial charge in [-0.1, -0.05) is 91.0 Å². The smallest absolute Gasteiger partial charge is 0.143 e. The average Bonchev–Trinajstić information content (AvgIpc) is 3.74. The Bertz CT molecular complexity index is 2430. The van der Waals surface area contributed by atoms with Gasteiger partial charge in [0.25, 0.3) is 0 Å². The van der Waals surface area contributed by atoms with E-state index in [4.69, 9.17) is 19.0 Å². The monoisotopic (exact) mass is 527 g/mol. The summed E-state index contributed by atoms with van der Waals surface area (Å²) < 4.78 is 12.9. The predicted molar refractivity (Wildman–Crippen MR) is 164 cm³/mol. The van der Waals surface area contributed by atoms with Gasteiger partial charge in [0.2, 0.25) is 0 Å². The Morgan fingerprint density at radius 1 is 0.463 bits per heavy atom. The lowest BCUT2D eigenvalue weighted by molar-refractivity contribution is 0.670. The quantitative estimate of drug-likeness (QED) is 0.230. The van der Waals surface area contributed by atoms with E-state index >= 15 is 0 Å². The lowest BCUT2D eigenvalue weighted by atomic mass is 9.95. The minimum Gasteiger partial charge on any atom is -0.455 e. The van der Waals surface area contributed by atoms with Gasteiger partial charge in [0.05, 0.1) is 5.69 Å². The van der Waals surface area contributed by atoms with Crippen LogP contribution in [-0.2, 0) is 0 Å². The van der Waals surface area contributed by atoms with Crippen LogP contribution in [0.1, 0.15) is 0 Å². The van der Waals surface area contributed by atoms with Gasteiger partial charge < -0.3 is 8.83 Å². The molecule has 0 spiro atoms. The summed E-state index contributed by atoms with van der Waals surface area (Å²) in [5.74, 6) is 0. The van der Waals surface area contributed by atoms with Crippen molar-refractivity contribution < 1.29 is 8.83 Å². The molecular weight excluding hydrogens is 506 g/mol. The van der Waals surface area contributed by atoms with Gasteiger partial charge in [0.1, 0.15) is 33.4 Å². The fourth-order valence-corrected chi connectivity index (χ4v) is 5.99. The Kier molecular flexibility index (Phi) is 4.55. The second kappa shape index (κ2) is 8.41. The number of fused-ring (bicyclic) bond motifs is 7. The number of para-hydroxylation sites is 5. The van der Waals surface area contributed by atoms with E-state index in [1.165, 1.54) is 0 Å². The van der Waals surface area contributed by atoms with E-state index in [-0.39, 0.29) is 0 Å². The summed E-state index contributed by atoms with van der Waals surface area (Å²) in [5.41, 5.74) is 9.88. The lowest BCUT2D eigenvalue weighted by Gasteiger charge is -2.08. The maximum atomic E-state index is 6.46. The first-order valence-corrected chi connectivity index (χ1v) is 13.6. The molecular formula is C36H21N3O2. The second-order valence-corrected chi connectivity index (χ2v) is 10.3. The molecule has 0 aliphatic rings. The highest BCUT2D eigenvalue weighted by Crippen LogP contribution is 2.42. The molecule has 9 aromatic rings. The van der Waals surface area contributed by atoms with Crippen molar-refractivity contribution in [3.8, 4) is 27.9 Å². The molecule has 0 amide bonds. The molecule has 0 saturated heterocycles. The number of benzene rings is 6. The zero-order valence-electron chi connectivity index (χ0n) is 21.8. The number of nitrogens with zero attached hydrogens (tertiary/aromatic N) is 3. The second-order valence-electron chi connectivity index (χ2n) is 10.3. The largest absolute Gasteiger partial charge is 0.455 e. The Morgan fingerprint density at radius 3 is 1.76 bits per heavy atom. The van der Waals surface area contributed by atoms with Crippen molar-refractivity contribution in [2.75, 3.05) is 0 Å². The van der Waals surface area contributed by atoms with Crippen LogP contribution in [0.25, 0.3) is 82.9 Å². The molecule has 0 N–H and O–H groups in total. The van der Waals surface area contributed by atoms with Crippen LogP contribution in [0.4, 0.5) is 0 Å². The van der Waals surface area contributed by atoms with Crippen molar-refractivity contribution >= 4 is 54.9 Å². The molecule has 5 nitrogen and oxygen atoms in total. The number of aromatic nitrogens is 3. The highest BCUT2D eigenvalue weighted by Gasteiger charge is 2.20. The standard InChI is InChI=1S/C36H21N3O2/c1-2-10-23(11-3-1)39-37-31-21-22(24-14-8-15-27-25-12-4-6-18-32(25)40-35(24)27)20-30(34(31)38-39)29-17-9-16-28-26-13-5-7-19-33(26)41-36(28)29/h1-21H. The molecule has 0 radical (unpaired) electrons. The normalized spacial score (nSPS) is 11.9. The molecule has 41 heavy (non-hydrogen) atoms. The lowest BCUT2D eigenvalue weighted by Crippen LogP contribution is -1.97. The molecule has 0 unspecified atom stereocenters. The summed E-state index contributed by atoms with van der Waals surface area (Å²) in [4.78, 5) is 1.71. The third-order valence-electron chi connectivity index (χ3n) is 7.88. The maximum Gasteiger partial charge on any atom is 0.143 e. The number of hydrogen-bond acceptors (Lipinski definition) is 4. The Labute approximate surface area is 233 Å². The third-order valence-corrected chi connectivity index (χ3v) is 7.88. The Morgan fingerprint density at radius 2 is 1.05 bits per heavy atom. The summed E-state index contributed by atoms with van der Waals surface area (Å²) in [7, 11) is 0. The van der Waals surface area contributed by atoms with Crippen LogP contribution in [0.15, 0.2) is 136 Å². The van der Waals surface area contributed by atoms with Gasteiger partial charge in [0, 0.05) is 38.2 Å². The number of furan rings is 2. The molecule has 0 aliphatic carbocycles. The first kappa shape index (κ1) is 22.2. The first-order valence-electron chi connectivity index (χ1n) is 13.6.